The first-order valence-electron chi connectivity index (χ1n) is 7.80. The highest BCUT2D eigenvalue weighted by Crippen LogP contribution is 2.26. The molecule has 3 atom stereocenters. The molecular formula is C18H21F2NO2. The molecule has 5 heteroatoms. The summed E-state index contributed by atoms with van der Waals surface area (Å²) < 4.78 is 26.1. The van der Waals surface area contributed by atoms with E-state index in [1.54, 1.807) is 0 Å². The summed E-state index contributed by atoms with van der Waals surface area (Å²) in [7, 11) is 0. The number of benzene rings is 1. The lowest BCUT2D eigenvalue weighted by molar-refractivity contribution is -0.139. The van der Waals surface area contributed by atoms with Crippen molar-refractivity contribution >= 4 is 5.91 Å². The highest BCUT2D eigenvalue weighted by Gasteiger charge is 2.47. The van der Waals surface area contributed by atoms with Gasteiger partial charge in [0.25, 0.3) is 5.91 Å². The monoisotopic (exact) mass is 321 g/mol. The van der Waals surface area contributed by atoms with E-state index in [-0.39, 0.29) is 5.92 Å². The van der Waals surface area contributed by atoms with E-state index in [0.29, 0.717) is 0 Å². The van der Waals surface area contributed by atoms with Gasteiger partial charge in [-0.25, -0.2) is 0 Å². The number of rotatable bonds is 5. The van der Waals surface area contributed by atoms with Crippen LogP contribution in [-0.4, -0.2) is 29.1 Å². The first-order chi connectivity index (χ1) is 10.9. The molecule has 1 heterocycles. The van der Waals surface area contributed by atoms with Crippen LogP contribution in [0, 0.1) is 17.8 Å². The van der Waals surface area contributed by atoms with Gasteiger partial charge in [-0.2, -0.15) is 8.78 Å². The lowest BCUT2D eigenvalue weighted by Gasteiger charge is -2.13. The van der Waals surface area contributed by atoms with Crippen molar-refractivity contribution < 1.29 is 18.7 Å². The average molecular weight is 321 g/mol. The fraction of sp³-hybridized carbons (Fsp3) is 0.500. The molecule has 0 unspecified atom stereocenters. The summed E-state index contributed by atoms with van der Waals surface area (Å²) >= 11 is 0. The highest BCUT2D eigenvalue weighted by atomic mass is 19.3. The van der Waals surface area contributed by atoms with Crippen LogP contribution in [0.1, 0.15) is 31.7 Å². The molecule has 0 aromatic heterocycles. The Morgan fingerprint density at radius 3 is 2.70 bits per heavy atom. The number of amides is 1. The third-order valence-electron chi connectivity index (χ3n) is 4.01. The molecule has 1 saturated heterocycles. The Labute approximate surface area is 135 Å². The lowest BCUT2D eigenvalue weighted by atomic mass is 9.96. The topological polar surface area (TPSA) is 49.3 Å². The van der Waals surface area contributed by atoms with Crippen molar-refractivity contribution in [1.29, 1.82) is 0 Å². The standard InChI is InChI=1S/C18H21F2NO2/c1-13(6-5-9-14-7-3-2-4-8-14)16(22)11-10-15-12-18(19,20)17(23)21-15/h2-4,7-8,13,15-16,22H,5-6,9,12H2,1H3,(H,21,23)/t13-,15-,16+/m0/s1. The summed E-state index contributed by atoms with van der Waals surface area (Å²) in [6, 6.07) is 9.18. The van der Waals surface area contributed by atoms with Gasteiger partial charge in [-0.15, -0.1) is 0 Å². The number of carbonyl (C=O) groups excluding carboxylic acids is 1. The molecule has 0 bridgehead atoms. The van der Waals surface area contributed by atoms with E-state index in [2.05, 4.69) is 29.3 Å². The highest BCUT2D eigenvalue weighted by molar-refractivity contribution is 5.86. The molecule has 1 aromatic rings. The van der Waals surface area contributed by atoms with Crippen LogP contribution in [0.2, 0.25) is 0 Å². The Hall–Kier alpha value is -1.93. The van der Waals surface area contributed by atoms with Gasteiger partial charge < -0.3 is 10.4 Å². The van der Waals surface area contributed by atoms with E-state index in [4.69, 9.17) is 0 Å². The minimum Gasteiger partial charge on any atom is -0.380 e. The lowest BCUT2D eigenvalue weighted by Crippen LogP contribution is -2.30. The molecule has 1 amide bonds. The first-order valence-corrected chi connectivity index (χ1v) is 7.80. The normalized spacial score (nSPS) is 21.9. The van der Waals surface area contributed by atoms with Gasteiger partial charge in [-0.05, 0) is 30.7 Å². The fourth-order valence-electron chi connectivity index (χ4n) is 2.51. The predicted molar refractivity (Wildman–Crippen MR) is 83.8 cm³/mol. The van der Waals surface area contributed by atoms with Crippen LogP contribution >= 0.6 is 0 Å². The van der Waals surface area contributed by atoms with E-state index < -0.39 is 30.4 Å². The van der Waals surface area contributed by atoms with Crippen LogP contribution in [-0.2, 0) is 11.2 Å². The molecule has 2 rings (SSSR count). The maximum absolute atomic E-state index is 13.1. The molecule has 0 radical (unpaired) electrons. The zero-order chi connectivity index (χ0) is 16.9. The Kier molecular flexibility index (Phi) is 5.73. The summed E-state index contributed by atoms with van der Waals surface area (Å²) in [5.74, 6) is 0.436. The molecule has 2 N–H and O–H groups in total. The second-order valence-electron chi connectivity index (χ2n) is 6.02. The Morgan fingerprint density at radius 1 is 1.39 bits per heavy atom. The van der Waals surface area contributed by atoms with Crippen molar-refractivity contribution in [3.8, 4) is 11.8 Å². The number of aryl methyl sites for hydroxylation is 1. The number of aliphatic hydroxyl groups excluding tert-OH is 1. The Balaban J connectivity index is 1.76. The van der Waals surface area contributed by atoms with Crippen LogP contribution in [0.4, 0.5) is 8.78 Å². The first kappa shape index (κ1) is 17.4. The molecule has 1 fully saturated rings. The molecule has 124 valence electrons. The van der Waals surface area contributed by atoms with E-state index in [9.17, 15) is 18.7 Å². The summed E-state index contributed by atoms with van der Waals surface area (Å²) in [4.78, 5) is 11.0. The number of alkyl halides is 2. The third-order valence-corrected chi connectivity index (χ3v) is 4.01. The molecule has 1 aliphatic rings. The minimum atomic E-state index is -3.36. The van der Waals surface area contributed by atoms with Gasteiger partial charge in [0.2, 0.25) is 0 Å². The molecule has 1 aromatic carbocycles. The molecule has 0 saturated carbocycles. The van der Waals surface area contributed by atoms with Gasteiger partial charge >= 0.3 is 5.92 Å². The molecule has 0 spiro atoms. The van der Waals surface area contributed by atoms with E-state index in [0.717, 1.165) is 19.3 Å². The smallest absolute Gasteiger partial charge is 0.327 e. The quantitative estimate of drug-likeness (QED) is 0.819. The van der Waals surface area contributed by atoms with E-state index in [1.807, 2.05) is 25.1 Å². The maximum Gasteiger partial charge on any atom is 0.327 e. The van der Waals surface area contributed by atoms with Crippen molar-refractivity contribution in [2.75, 3.05) is 0 Å². The molecule has 3 nitrogen and oxygen atoms in total. The van der Waals surface area contributed by atoms with Crippen molar-refractivity contribution in [1.82, 2.24) is 5.32 Å². The number of carbonyl (C=O) groups is 1. The number of hydrogen-bond acceptors (Lipinski definition) is 2. The Bertz CT molecular complexity index is 592. The van der Waals surface area contributed by atoms with Crippen LogP contribution in [0.5, 0.6) is 0 Å². The zero-order valence-electron chi connectivity index (χ0n) is 13.1. The van der Waals surface area contributed by atoms with Crippen molar-refractivity contribution in [3.63, 3.8) is 0 Å². The molecule has 0 aliphatic carbocycles. The van der Waals surface area contributed by atoms with Crippen molar-refractivity contribution in [3.05, 3.63) is 35.9 Å². The second kappa shape index (κ2) is 7.56. The minimum absolute atomic E-state index is 0.0520. The van der Waals surface area contributed by atoms with Gasteiger partial charge in [0.1, 0.15) is 6.10 Å². The van der Waals surface area contributed by atoms with Gasteiger partial charge in [0.05, 0.1) is 12.5 Å². The van der Waals surface area contributed by atoms with Crippen LogP contribution in [0.3, 0.4) is 0 Å². The van der Waals surface area contributed by atoms with Gasteiger partial charge in [0, 0.05) is 0 Å². The number of halogens is 2. The summed E-state index contributed by atoms with van der Waals surface area (Å²) in [5, 5.41) is 12.1. The van der Waals surface area contributed by atoms with Crippen LogP contribution in [0.15, 0.2) is 30.3 Å². The number of hydrogen-bond donors (Lipinski definition) is 2. The summed E-state index contributed by atoms with van der Waals surface area (Å²) in [5.41, 5.74) is 1.25. The van der Waals surface area contributed by atoms with Crippen molar-refractivity contribution in [2.45, 2.75) is 50.7 Å². The number of nitrogens with one attached hydrogen (secondary N) is 1. The summed E-state index contributed by atoms with van der Waals surface area (Å²) in [6.07, 6.45) is 1.13. The van der Waals surface area contributed by atoms with Gasteiger partial charge in [-0.1, -0.05) is 49.1 Å². The fourth-order valence-corrected chi connectivity index (χ4v) is 2.51. The average Bonchev–Trinajstić information content (AvgIpc) is 2.78. The SMILES string of the molecule is C[C@@H](CCCc1ccccc1)[C@H](O)C#C[C@H]1CC(F)(F)C(=O)N1. The van der Waals surface area contributed by atoms with Gasteiger partial charge in [-0.3, -0.25) is 4.79 Å². The van der Waals surface area contributed by atoms with Crippen LogP contribution in [0.25, 0.3) is 0 Å². The van der Waals surface area contributed by atoms with E-state index >= 15 is 0 Å². The second-order valence-corrected chi connectivity index (χ2v) is 6.02. The Morgan fingerprint density at radius 2 is 2.09 bits per heavy atom. The molecule has 1 aliphatic heterocycles. The largest absolute Gasteiger partial charge is 0.380 e. The third kappa shape index (κ3) is 5.04. The van der Waals surface area contributed by atoms with E-state index in [1.165, 1.54) is 5.56 Å². The summed E-state index contributed by atoms with van der Waals surface area (Å²) in [6.45, 7) is 1.88. The molecule has 23 heavy (non-hydrogen) atoms. The maximum atomic E-state index is 13.1. The molecular weight excluding hydrogens is 300 g/mol. The van der Waals surface area contributed by atoms with Crippen molar-refractivity contribution in [2.24, 2.45) is 5.92 Å². The zero-order valence-corrected chi connectivity index (χ0v) is 13.1. The van der Waals surface area contributed by atoms with Gasteiger partial charge in [0.15, 0.2) is 0 Å². The van der Waals surface area contributed by atoms with Crippen LogP contribution < -0.4 is 5.32 Å². The number of aliphatic hydroxyl groups is 1. The predicted octanol–water partition coefficient (Wildman–Crippen LogP) is 2.53.